The number of hydrogen-bond donors (Lipinski definition) is 1. The third-order valence-corrected chi connectivity index (χ3v) is 3.48. The lowest BCUT2D eigenvalue weighted by Crippen LogP contribution is -2.24. The van der Waals surface area contributed by atoms with Crippen molar-refractivity contribution in [2.45, 2.75) is 12.2 Å². The van der Waals surface area contributed by atoms with E-state index in [4.69, 9.17) is 5.73 Å². The van der Waals surface area contributed by atoms with Crippen LogP contribution in [0.1, 0.15) is 26.8 Å². The summed E-state index contributed by atoms with van der Waals surface area (Å²) in [5, 5.41) is 1.70. The molecule has 0 fully saturated rings. The van der Waals surface area contributed by atoms with Crippen molar-refractivity contribution in [2.24, 2.45) is 5.73 Å². The minimum Gasteiger partial charge on any atom is -0.317 e. The average Bonchev–Trinajstić information content (AvgIpc) is 2.90. The molecule has 0 saturated heterocycles. The van der Waals surface area contributed by atoms with Gasteiger partial charge >= 0.3 is 6.18 Å². The van der Waals surface area contributed by atoms with Crippen LogP contribution in [0.15, 0.2) is 36.0 Å². The van der Waals surface area contributed by atoms with Crippen LogP contribution in [0.4, 0.5) is 13.2 Å². The zero-order chi connectivity index (χ0) is 14.0. The molecule has 0 aliphatic heterocycles. The second-order valence-corrected chi connectivity index (χ2v) is 4.76. The molecule has 0 aliphatic carbocycles. The van der Waals surface area contributed by atoms with Crippen LogP contribution in [0.5, 0.6) is 0 Å². The Morgan fingerprint density at radius 2 is 2.11 bits per heavy atom. The van der Waals surface area contributed by atoms with Crippen LogP contribution in [-0.4, -0.2) is 10.8 Å². The molecule has 0 saturated carbocycles. The summed E-state index contributed by atoms with van der Waals surface area (Å²) < 4.78 is 38.4. The second-order valence-electron chi connectivity index (χ2n) is 3.78. The van der Waals surface area contributed by atoms with Gasteiger partial charge in [-0.15, -0.1) is 11.3 Å². The monoisotopic (exact) mass is 286 g/mol. The highest BCUT2D eigenvalue weighted by molar-refractivity contribution is 7.10. The molecule has 0 radical (unpaired) electrons. The maximum Gasteiger partial charge on any atom is 0.417 e. The molecule has 2 aromatic heterocycles. The largest absolute Gasteiger partial charge is 0.417 e. The lowest BCUT2D eigenvalue weighted by molar-refractivity contribution is -0.138. The van der Waals surface area contributed by atoms with Crippen LogP contribution in [0.3, 0.4) is 0 Å². The van der Waals surface area contributed by atoms with Gasteiger partial charge in [-0.1, -0.05) is 6.07 Å². The SMILES string of the molecule is NC(C(=O)c1cnccc1C(F)(F)F)c1cccs1. The van der Waals surface area contributed by atoms with Gasteiger partial charge in [-0.05, 0) is 17.5 Å². The van der Waals surface area contributed by atoms with Gasteiger partial charge < -0.3 is 5.73 Å². The Bertz CT molecular complexity index is 581. The van der Waals surface area contributed by atoms with Crippen molar-refractivity contribution in [3.63, 3.8) is 0 Å². The fraction of sp³-hybridized carbons (Fsp3) is 0.167. The van der Waals surface area contributed by atoms with Crippen molar-refractivity contribution in [1.29, 1.82) is 0 Å². The first-order valence-electron chi connectivity index (χ1n) is 5.25. The molecule has 0 amide bonds. The number of aromatic nitrogens is 1. The summed E-state index contributed by atoms with van der Waals surface area (Å²) in [5.41, 5.74) is 4.17. The first kappa shape index (κ1) is 13.7. The molecule has 0 spiro atoms. The fourth-order valence-electron chi connectivity index (χ4n) is 1.60. The Kier molecular flexibility index (Phi) is 3.68. The molecule has 7 heteroatoms. The van der Waals surface area contributed by atoms with Crippen molar-refractivity contribution in [3.05, 3.63) is 52.0 Å². The van der Waals surface area contributed by atoms with E-state index in [2.05, 4.69) is 4.98 Å². The predicted molar refractivity (Wildman–Crippen MR) is 64.8 cm³/mol. The van der Waals surface area contributed by atoms with E-state index in [9.17, 15) is 18.0 Å². The van der Waals surface area contributed by atoms with Gasteiger partial charge in [0.15, 0.2) is 5.78 Å². The number of alkyl halides is 3. The number of carbonyl (C=O) groups is 1. The smallest absolute Gasteiger partial charge is 0.317 e. The number of rotatable bonds is 3. The summed E-state index contributed by atoms with van der Waals surface area (Å²) in [6.07, 6.45) is -2.71. The van der Waals surface area contributed by atoms with Gasteiger partial charge in [-0.25, -0.2) is 0 Å². The molecular weight excluding hydrogens is 277 g/mol. The van der Waals surface area contributed by atoms with Gasteiger partial charge in [0, 0.05) is 17.3 Å². The molecular formula is C12H9F3N2OS. The molecule has 2 rings (SSSR count). The average molecular weight is 286 g/mol. The zero-order valence-electron chi connectivity index (χ0n) is 9.52. The number of hydrogen-bond acceptors (Lipinski definition) is 4. The summed E-state index contributed by atoms with van der Waals surface area (Å²) in [5.74, 6) is -0.789. The van der Waals surface area contributed by atoms with Crippen LogP contribution in [0.25, 0.3) is 0 Å². The van der Waals surface area contributed by atoms with Crippen LogP contribution in [0.2, 0.25) is 0 Å². The third-order valence-electron chi connectivity index (χ3n) is 2.52. The predicted octanol–water partition coefficient (Wildman–Crippen LogP) is 3.04. The van der Waals surface area contributed by atoms with Crippen molar-refractivity contribution in [2.75, 3.05) is 0 Å². The third kappa shape index (κ3) is 2.82. The van der Waals surface area contributed by atoms with E-state index in [1.807, 2.05) is 0 Å². The Balaban J connectivity index is 2.40. The van der Waals surface area contributed by atoms with E-state index in [-0.39, 0.29) is 0 Å². The normalized spacial score (nSPS) is 13.3. The summed E-state index contributed by atoms with van der Waals surface area (Å²) in [7, 11) is 0. The number of thiophene rings is 1. The van der Waals surface area contributed by atoms with Crippen molar-refractivity contribution < 1.29 is 18.0 Å². The summed E-state index contributed by atoms with van der Waals surface area (Å²) in [6.45, 7) is 0. The molecule has 0 bridgehead atoms. The zero-order valence-corrected chi connectivity index (χ0v) is 10.3. The van der Waals surface area contributed by atoms with Crippen LogP contribution < -0.4 is 5.73 Å². The molecule has 19 heavy (non-hydrogen) atoms. The highest BCUT2D eigenvalue weighted by Gasteiger charge is 2.36. The molecule has 100 valence electrons. The summed E-state index contributed by atoms with van der Waals surface area (Å²) in [4.78, 5) is 16.1. The van der Waals surface area contributed by atoms with Gasteiger partial charge in [0.05, 0.1) is 11.1 Å². The van der Waals surface area contributed by atoms with Crippen molar-refractivity contribution in [1.82, 2.24) is 4.98 Å². The molecule has 0 aromatic carbocycles. The molecule has 2 N–H and O–H groups in total. The standard InChI is InChI=1S/C12H9F3N2OS/c13-12(14,15)8-3-4-17-6-7(8)11(18)10(16)9-2-1-5-19-9/h1-6,10H,16H2. The van der Waals surface area contributed by atoms with Gasteiger partial charge in [0.1, 0.15) is 6.04 Å². The summed E-state index contributed by atoms with van der Waals surface area (Å²) >= 11 is 1.22. The van der Waals surface area contributed by atoms with E-state index in [1.165, 1.54) is 11.3 Å². The van der Waals surface area contributed by atoms with E-state index in [0.29, 0.717) is 4.88 Å². The Labute approximate surface area is 110 Å². The van der Waals surface area contributed by atoms with Crippen molar-refractivity contribution >= 4 is 17.1 Å². The number of pyridine rings is 1. The van der Waals surface area contributed by atoms with Gasteiger partial charge in [0.2, 0.25) is 0 Å². The number of ketones is 1. The molecule has 1 atom stereocenters. The number of Topliss-reactive ketones (excluding diaryl/α,β-unsaturated/α-hetero) is 1. The van der Waals surface area contributed by atoms with Gasteiger partial charge in [0.25, 0.3) is 0 Å². The van der Waals surface area contributed by atoms with Gasteiger partial charge in [-0.2, -0.15) is 13.2 Å². The number of carbonyl (C=O) groups excluding carboxylic acids is 1. The molecule has 1 unspecified atom stereocenters. The van der Waals surface area contributed by atoms with Crippen LogP contribution in [-0.2, 0) is 6.18 Å². The van der Waals surface area contributed by atoms with E-state index < -0.39 is 29.1 Å². The highest BCUT2D eigenvalue weighted by Crippen LogP contribution is 2.33. The number of nitrogens with zero attached hydrogens (tertiary/aromatic N) is 1. The first-order valence-corrected chi connectivity index (χ1v) is 6.13. The summed E-state index contributed by atoms with van der Waals surface area (Å²) in [6, 6.07) is 2.96. The molecule has 2 aromatic rings. The number of halogens is 3. The Morgan fingerprint density at radius 1 is 1.37 bits per heavy atom. The van der Waals surface area contributed by atoms with Crippen LogP contribution in [0, 0.1) is 0 Å². The molecule has 3 nitrogen and oxygen atoms in total. The first-order chi connectivity index (χ1) is 8.91. The van der Waals surface area contributed by atoms with E-state index in [0.717, 1.165) is 18.5 Å². The Hall–Kier alpha value is -1.73. The fourth-order valence-corrected chi connectivity index (χ4v) is 2.33. The maximum absolute atomic E-state index is 12.8. The highest BCUT2D eigenvalue weighted by atomic mass is 32.1. The quantitative estimate of drug-likeness (QED) is 0.882. The number of nitrogens with two attached hydrogens (primary N) is 1. The topological polar surface area (TPSA) is 56.0 Å². The minimum absolute atomic E-state index is 0.504. The van der Waals surface area contributed by atoms with E-state index in [1.54, 1.807) is 17.5 Å². The van der Waals surface area contributed by atoms with Crippen LogP contribution >= 0.6 is 11.3 Å². The molecule has 2 heterocycles. The molecule has 0 aliphatic rings. The lowest BCUT2D eigenvalue weighted by Gasteiger charge is -2.14. The Morgan fingerprint density at radius 3 is 2.68 bits per heavy atom. The van der Waals surface area contributed by atoms with Crippen molar-refractivity contribution in [3.8, 4) is 0 Å². The second kappa shape index (κ2) is 5.10. The van der Waals surface area contributed by atoms with Gasteiger partial charge in [-0.3, -0.25) is 9.78 Å². The van der Waals surface area contributed by atoms with E-state index >= 15 is 0 Å². The lowest BCUT2D eigenvalue weighted by atomic mass is 10.0. The minimum atomic E-state index is -4.61. The maximum atomic E-state index is 12.8.